The Kier molecular flexibility index (Phi) is 9.19. The minimum absolute atomic E-state index is 0. The van der Waals surface area contributed by atoms with Gasteiger partial charge in [0.05, 0.1) is 5.97 Å². The van der Waals surface area contributed by atoms with Gasteiger partial charge in [-0.1, -0.05) is 45.6 Å². The van der Waals surface area contributed by atoms with E-state index in [-0.39, 0.29) is 46.8 Å². The standard InChI is InChI=1S/C16H24O3.Na/c1-4-5-6-7-8-12(3)13-9-11(2)10-14(15(13)17)16(18)19;/h9-10,12,17H,4-8H2,1-3H3,(H,18,19);/q;+1/p-1. The molecule has 1 unspecified atom stereocenters. The van der Waals surface area contributed by atoms with E-state index in [4.69, 9.17) is 0 Å². The van der Waals surface area contributed by atoms with Crippen LogP contribution in [0.1, 0.15) is 73.4 Å². The first kappa shape index (κ1) is 19.5. The van der Waals surface area contributed by atoms with E-state index in [1.165, 1.54) is 25.3 Å². The van der Waals surface area contributed by atoms with E-state index in [2.05, 4.69) is 6.92 Å². The molecular weight excluding hydrogens is 263 g/mol. The molecule has 20 heavy (non-hydrogen) atoms. The predicted molar refractivity (Wildman–Crippen MR) is 74.3 cm³/mol. The van der Waals surface area contributed by atoms with Gasteiger partial charge in [0.15, 0.2) is 0 Å². The van der Waals surface area contributed by atoms with Crippen LogP contribution >= 0.6 is 0 Å². The minimum Gasteiger partial charge on any atom is -0.545 e. The zero-order valence-corrected chi connectivity index (χ0v) is 15.0. The minimum atomic E-state index is -1.32. The van der Waals surface area contributed by atoms with Crippen LogP contribution in [0.4, 0.5) is 0 Å². The molecule has 0 aliphatic rings. The monoisotopic (exact) mass is 286 g/mol. The molecule has 1 rings (SSSR count). The van der Waals surface area contributed by atoms with Crippen LogP contribution in [0.5, 0.6) is 5.75 Å². The van der Waals surface area contributed by atoms with Crippen molar-refractivity contribution in [3.63, 3.8) is 0 Å². The second-order valence-electron chi connectivity index (χ2n) is 5.29. The van der Waals surface area contributed by atoms with Gasteiger partial charge in [0.25, 0.3) is 0 Å². The van der Waals surface area contributed by atoms with Crippen LogP contribution < -0.4 is 34.7 Å². The smallest absolute Gasteiger partial charge is 0.545 e. The van der Waals surface area contributed by atoms with E-state index < -0.39 is 5.97 Å². The Labute approximate surface area is 143 Å². The molecule has 0 fully saturated rings. The van der Waals surface area contributed by atoms with Crippen molar-refractivity contribution >= 4 is 5.97 Å². The normalized spacial score (nSPS) is 11.8. The van der Waals surface area contributed by atoms with Gasteiger partial charge in [-0.05, 0) is 36.5 Å². The summed E-state index contributed by atoms with van der Waals surface area (Å²) in [5.74, 6) is -1.29. The Morgan fingerprint density at radius 2 is 1.95 bits per heavy atom. The summed E-state index contributed by atoms with van der Waals surface area (Å²) in [5.41, 5.74) is 1.46. The molecule has 0 spiro atoms. The van der Waals surface area contributed by atoms with E-state index in [0.717, 1.165) is 24.0 Å². The molecular formula is C16H23NaO3. The topological polar surface area (TPSA) is 60.4 Å². The first-order chi connectivity index (χ1) is 8.97. The van der Waals surface area contributed by atoms with Crippen molar-refractivity contribution in [3.05, 3.63) is 28.8 Å². The summed E-state index contributed by atoms with van der Waals surface area (Å²) >= 11 is 0. The van der Waals surface area contributed by atoms with Crippen molar-refractivity contribution < 1.29 is 44.6 Å². The number of carbonyl (C=O) groups is 1. The number of hydrogen-bond acceptors (Lipinski definition) is 3. The number of rotatable bonds is 7. The molecule has 0 heterocycles. The summed E-state index contributed by atoms with van der Waals surface area (Å²) in [7, 11) is 0. The Hall–Kier alpha value is -0.510. The first-order valence-corrected chi connectivity index (χ1v) is 7.02. The van der Waals surface area contributed by atoms with Crippen LogP contribution in [0.25, 0.3) is 0 Å². The Morgan fingerprint density at radius 3 is 2.50 bits per heavy atom. The number of aromatic hydroxyl groups is 1. The quantitative estimate of drug-likeness (QED) is 0.573. The maximum Gasteiger partial charge on any atom is 1.00 e. The summed E-state index contributed by atoms with van der Waals surface area (Å²) in [6, 6.07) is 3.32. The van der Waals surface area contributed by atoms with Crippen molar-refractivity contribution in [3.8, 4) is 5.75 Å². The number of aromatic carboxylic acids is 1. The van der Waals surface area contributed by atoms with Gasteiger partial charge in [-0.3, -0.25) is 0 Å². The van der Waals surface area contributed by atoms with Crippen molar-refractivity contribution in [1.29, 1.82) is 0 Å². The summed E-state index contributed by atoms with van der Waals surface area (Å²) in [6.07, 6.45) is 5.66. The molecule has 1 aromatic carbocycles. The summed E-state index contributed by atoms with van der Waals surface area (Å²) < 4.78 is 0. The van der Waals surface area contributed by atoms with Crippen LogP contribution in [0.3, 0.4) is 0 Å². The van der Waals surface area contributed by atoms with Crippen molar-refractivity contribution in [2.45, 2.75) is 58.8 Å². The number of hydrogen-bond donors (Lipinski definition) is 1. The molecule has 0 aromatic heterocycles. The molecule has 0 amide bonds. The fraction of sp³-hybridized carbons (Fsp3) is 0.562. The fourth-order valence-electron chi connectivity index (χ4n) is 2.37. The molecule has 1 aromatic rings. The van der Waals surface area contributed by atoms with Crippen LogP contribution in [-0.4, -0.2) is 11.1 Å². The zero-order valence-electron chi connectivity index (χ0n) is 13.0. The number of unbranched alkanes of at least 4 members (excludes halogenated alkanes) is 3. The van der Waals surface area contributed by atoms with Crippen molar-refractivity contribution in [2.24, 2.45) is 0 Å². The van der Waals surface area contributed by atoms with E-state index in [0.29, 0.717) is 0 Å². The van der Waals surface area contributed by atoms with Gasteiger partial charge in [-0.25, -0.2) is 0 Å². The van der Waals surface area contributed by atoms with Crippen molar-refractivity contribution in [1.82, 2.24) is 0 Å². The third-order valence-electron chi connectivity index (χ3n) is 3.53. The molecule has 0 saturated heterocycles. The molecule has 106 valence electrons. The largest absolute Gasteiger partial charge is 1.00 e. The van der Waals surface area contributed by atoms with Crippen LogP contribution in [0.2, 0.25) is 0 Å². The Bertz CT molecular complexity index is 444. The predicted octanol–water partition coefficient (Wildman–Crippen LogP) is 0.142. The molecule has 4 heteroatoms. The van der Waals surface area contributed by atoms with Gasteiger partial charge < -0.3 is 15.0 Å². The average Bonchev–Trinajstić information content (AvgIpc) is 2.36. The number of aryl methyl sites for hydroxylation is 1. The first-order valence-electron chi connectivity index (χ1n) is 7.02. The summed E-state index contributed by atoms with van der Waals surface area (Å²) in [5, 5.41) is 21.0. The number of phenols is 1. The number of carbonyl (C=O) groups excluding carboxylic acids is 1. The van der Waals surface area contributed by atoms with E-state index in [1.54, 1.807) is 0 Å². The number of carboxylic acids is 1. The summed E-state index contributed by atoms with van der Waals surface area (Å²) in [6.45, 7) is 6.03. The molecule has 1 atom stereocenters. The Morgan fingerprint density at radius 1 is 1.30 bits per heavy atom. The van der Waals surface area contributed by atoms with Gasteiger partial charge in [-0.15, -0.1) is 0 Å². The van der Waals surface area contributed by atoms with E-state index in [9.17, 15) is 15.0 Å². The zero-order chi connectivity index (χ0) is 14.4. The van der Waals surface area contributed by atoms with Gasteiger partial charge in [-0.2, -0.15) is 0 Å². The maximum atomic E-state index is 11.0. The molecule has 0 aliphatic carbocycles. The van der Waals surface area contributed by atoms with Gasteiger partial charge in [0.2, 0.25) is 0 Å². The third-order valence-corrected chi connectivity index (χ3v) is 3.53. The number of benzene rings is 1. The second kappa shape index (κ2) is 9.43. The number of carboxylic acid groups (broad SMARTS) is 1. The van der Waals surface area contributed by atoms with Gasteiger partial charge in [0.1, 0.15) is 5.75 Å². The van der Waals surface area contributed by atoms with Gasteiger partial charge in [0, 0.05) is 5.56 Å². The third kappa shape index (κ3) is 5.47. The van der Waals surface area contributed by atoms with Gasteiger partial charge >= 0.3 is 29.6 Å². The van der Waals surface area contributed by atoms with Crippen molar-refractivity contribution in [2.75, 3.05) is 0 Å². The average molecular weight is 286 g/mol. The fourth-order valence-corrected chi connectivity index (χ4v) is 2.37. The molecule has 0 aliphatic heterocycles. The van der Waals surface area contributed by atoms with Crippen LogP contribution in [-0.2, 0) is 0 Å². The summed E-state index contributed by atoms with van der Waals surface area (Å²) in [4.78, 5) is 11.0. The SMILES string of the molecule is CCCCCCC(C)c1cc(C)cc(C(=O)[O-])c1O.[Na+]. The van der Waals surface area contributed by atoms with Crippen LogP contribution in [0, 0.1) is 6.92 Å². The molecule has 0 bridgehead atoms. The van der Waals surface area contributed by atoms with E-state index in [1.807, 2.05) is 19.9 Å². The van der Waals surface area contributed by atoms with E-state index >= 15 is 0 Å². The second-order valence-corrected chi connectivity index (χ2v) is 5.29. The molecule has 0 saturated carbocycles. The molecule has 3 nitrogen and oxygen atoms in total. The molecule has 0 radical (unpaired) electrons. The maximum absolute atomic E-state index is 11.0. The van der Waals surface area contributed by atoms with Crippen LogP contribution in [0.15, 0.2) is 12.1 Å². The molecule has 1 N–H and O–H groups in total. The Balaban J connectivity index is 0.00000361.